The van der Waals surface area contributed by atoms with Crippen molar-refractivity contribution in [3.05, 3.63) is 17.7 Å². The number of ether oxygens (including phenoxy) is 1. The van der Waals surface area contributed by atoms with Crippen LogP contribution < -0.4 is 36.6 Å². The highest BCUT2D eigenvalue weighted by Crippen LogP contribution is 2.41. The molecule has 5 rings (SSSR count). The van der Waals surface area contributed by atoms with Crippen LogP contribution >= 0.6 is 11.8 Å². The standard InChI is InChI=1S/C49H68N8O14S/c1-7-11-36(61)53-44-35(71-40(66)12-8-2)14-13-29-30-15-26-16-34(60)41(24(5)9-3)55-46(68)32-19-28(58)22-57(32)49(70)27(18-39(64)65)17-33(59)31(23-72-48(30)56-43(29)44)52-37(62)20-51-47(69)42(25(6)10-4)54-38(63)21-50-45(26)67/h13-14,24-28,31-32,41-42,56,58H,7-12,15-23H2,1-6H3,(H,50,67)(H,51,69)(H,52,62)(H,53,61)(H,54,63)(H,55,68)(H,64,65)/t24?,25-,26-,27-,28+,31-,32-,41-,42-/m0/s1. The summed E-state index contributed by atoms with van der Waals surface area (Å²) >= 11 is 0.971. The second-order valence-electron chi connectivity index (χ2n) is 18.9. The molecule has 2 bridgehead atoms. The Morgan fingerprint density at radius 1 is 0.806 bits per heavy atom. The number of nitrogens with one attached hydrogen (secondary N) is 7. The van der Waals surface area contributed by atoms with Gasteiger partial charge in [-0.1, -0.05) is 54.4 Å². The summed E-state index contributed by atoms with van der Waals surface area (Å²) in [5.41, 5.74) is 0.667. The third kappa shape index (κ3) is 14.4. The molecular formula is C49H68N8O14S. The SMILES string of the molecule is CCCC(=O)Nc1c(OC(=O)CCC)ccc2c3c([nH]c12)SC[C@@H]1NC(=O)CNC(=O)[C@H]([C@@H](C)CC)NC(=O)CNC(=O)[C@H](CC(=O)[C@H](C(C)CC)NC(=O)[C@@H]2C[C@@H](O)CN2C(=O)[C@H](CC(=O)O)CC1=O)C3. The number of nitrogens with zero attached hydrogens (tertiary/aromatic N) is 1. The fourth-order valence-corrected chi connectivity index (χ4v) is 10.2. The van der Waals surface area contributed by atoms with E-state index in [2.05, 4.69) is 36.9 Å². The van der Waals surface area contributed by atoms with Crippen molar-refractivity contribution in [2.45, 2.75) is 147 Å². The van der Waals surface area contributed by atoms with E-state index in [4.69, 9.17) is 4.74 Å². The molecule has 9 N–H and O–H groups in total. The number of carboxylic acids is 1. The predicted octanol–water partition coefficient (Wildman–Crippen LogP) is 1.64. The van der Waals surface area contributed by atoms with Crippen LogP contribution in [0, 0.1) is 23.7 Å². The lowest BCUT2D eigenvalue weighted by Crippen LogP contribution is -2.55. The third-order valence-corrected chi connectivity index (χ3v) is 14.5. The number of anilines is 1. The number of aromatic amines is 1. The van der Waals surface area contributed by atoms with Gasteiger partial charge in [0.2, 0.25) is 41.4 Å². The van der Waals surface area contributed by atoms with Crippen LogP contribution in [0.1, 0.15) is 111 Å². The van der Waals surface area contributed by atoms with E-state index in [-0.39, 0.29) is 53.4 Å². The zero-order chi connectivity index (χ0) is 53.0. The molecule has 23 heteroatoms. The Kier molecular flexibility index (Phi) is 20.3. The molecule has 22 nitrogen and oxygen atoms in total. The number of ketones is 2. The molecule has 9 atom stereocenters. The monoisotopic (exact) mass is 1020 g/mol. The van der Waals surface area contributed by atoms with E-state index in [0.717, 1.165) is 16.7 Å². The Balaban J connectivity index is 1.78. The van der Waals surface area contributed by atoms with Gasteiger partial charge in [0.05, 0.1) is 54.2 Å². The number of H-pyrrole nitrogens is 1. The van der Waals surface area contributed by atoms with Crippen molar-refractivity contribution in [1.29, 1.82) is 0 Å². The first-order chi connectivity index (χ1) is 34.2. The van der Waals surface area contributed by atoms with Gasteiger partial charge in [0, 0.05) is 55.7 Å². The maximum atomic E-state index is 14.8. The first kappa shape index (κ1) is 56.6. The molecule has 0 spiro atoms. The van der Waals surface area contributed by atoms with Crippen molar-refractivity contribution in [3.63, 3.8) is 0 Å². The summed E-state index contributed by atoms with van der Waals surface area (Å²) in [5.74, 6) is -13.0. The summed E-state index contributed by atoms with van der Waals surface area (Å²) in [6.45, 7) is 8.84. The quantitative estimate of drug-likeness (QED) is 0.108. The number of rotatable bonds is 12. The summed E-state index contributed by atoms with van der Waals surface area (Å²) in [7, 11) is 0. The normalized spacial score (nSPS) is 25.2. The van der Waals surface area contributed by atoms with E-state index < -0.39 is 158 Å². The lowest BCUT2D eigenvalue weighted by atomic mass is 9.86. The number of fused-ring (bicyclic) bond motifs is 5. The number of aliphatic carboxylic acids is 1. The Morgan fingerprint density at radius 3 is 2.11 bits per heavy atom. The number of hydrogen-bond donors (Lipinski definition) is 9. The zero-order valence-electron chi connectivity index (χ0n) is 41.6. The highest BCUT2D eigenvalue weighted by Gasteiger charge is 2.44. The second-order valence-corrected chi connectivity index (χ2v) is 19.9. The van der Waals surface area contributed by atoms with Crippen LogP contribution in [-0.2, 0) is 59.2 Å². The van der Waals surface area contributed by atoms with E-state index in [1.807, 2.05) is 0 Å². The minimum atomic E-state index is -1.60. The maximum absolute atomic E-state index is 14.8. The van der Waals surface area contributed by atoms with Gasteiger partial charge < -0.3 is 56.7 Å². The Hall–Kier alpha value is -6.36. The Bertz CT molecular complexity index is 2430. The first-order valence-corrected chi connectivity index (χ1v) is 25.7. The van der Waals surface area contributed by atoms with Crippen LogP contribution in [0.5, 0.6) is 5.75 Å². The molecular weight excluding hydrogens is 957 g/mol. The number of carbonyl (C=O) groups excluding carboxylic acids is 10. The highest BCUT2D eigenvalue weighted by molar-refractivity contribution is 7.99. The van der Waals surface area contributed by atoms with Gasteiger partial charge in [0.1, 0.15) is 17.8 Å². The second kappa shape index (κ2) is 25.8. The number of thioether (sulfide) groups is 1. The van der Waals surface area contributed by atoms with Gasteiger partial charge in [-0.25, -0.2) is 0 Å². The number of hydrogen-bond acceptors (Lipinski definition) is 14. The molecule has 4 heterocycles. The molecule has 3 aliphatic rings. The molecule has 394 valence electrons. The number of benzene rings is 1. The predicted molar refractivity (Wildman–Crippen MR) is 262 cm³/mol. The molecule has 1 fully saturated rings. The van der Waals surface area contributed by atoms with Crippen LogP contribution in [0.2, 0.25) is 0 Å². The summed E-state index contributed by atoms with van der Waals surface area (Å²) in [4.78, 5) is 156. The summed E-state index contributed by atoms with van der Waals surface area (Å²) < 4.78 is 5.74. The van der Waals surface area contributed by atoms with E-state index >= 15 is 0 Å². The zero-order valence-corrected chi connectivity index (χ0v) is 42.4. The molecule has 0 radical (unpaired) electrons. The van der Waals surface area contributed by atoms with Crippen LogP contribution in [0.25, 0.3) is 10.9 Å². The number of carbonyl (C=O) groups is 11. The van der Waals surface area contributed by atoms with E-state index in [9.17, 15) is 63.0 Å². The van der Waals surface area contributed by atoms with E-state index in [1.54, 1.807) is 47.6 Å². The van der Waals surface area contributed by atoms with Gasteiger partial charge in [-0.3, -0.25) is 52.7 Å². The molecule has 2 aromatic rings. The van der Waals surface area contributed by atoms with E-state index in [1.165, 1.54) is 6.07 Å². The lowest BCUT2D eigenvalue weighted by molar-refractivity contribution is -0.148. The van der Waals surface area contributed by atoms with Crippen molar-refractivity contribution in [2.75, 3.05) is 30.7 Å². The van der Waals surface area contributed by atoms with Crippen LogP contribution in [-0.4, -0.2) is 141 Å². The summed E-state index contributed by atoms with van der Waals surface area (Å²) in [5, 5.41) is 37.4. The minimum Gasteiger partial charge on any atom is -0.481 e. The van der Waals surface area contributed by atoms with Crippen LogP contribution in [0.4, 0.5) is 5.69 Å². The summed E-state index contributed by atoms with van der Waals surface area (Å²) in [6.07, 6.45) is -2.08. The topological polar surface area (TPSA) is 329 Å². The van der Waals surface area contributed by atoms with Crippen molar-refractivity contribution in [1.82, 2.24) is 36.5 Å². The number of aliphatic hydroxyl groups excluding tert-OH is 1. The number of Topliss-reactive ketones (excluding diaryl/α,β-unsaturated/α-hetero) is 2. The summed E-state index contributed by atoms with van der Waals surface area (Å²) in [6, 6.07) is -2.26. The van der Waals surface area contributed by atoms with Crippen LogP contribution in [0.15, 0.2) is 17.2 Å². The smallest absolute Gasteiger partial charge is 0.311 e. The van der Waals surface area contributed by atoms with Crippen molar-refractivity contribution >= 4 is 93.2 Å². The van der Waals surface area contributed by atoms with Gasteiger partial charge >= 0.3 is 11.9 Å². The fraction of sp³-hybridized carbons (Fsp3) is 0.612. The fourth-order valence-electron chi connectivity index (χ4n) is 9.04. The third-order valence-electron chi connectivity index (χ3n) is 13.4. The molecule has 72 heavy (non-hydrogen) atoms. The van der Waals surface area contributed by atoms with Crippen molar-refractivity contribution in [3.8, 4) is 5.75 Å². The number of aromatic nitrogens is 1. The van der Waals surface area contributed by atoms with Crippen LogP contribution in [0.3, 0.4) is 0 Å². The Morgan fingerprint density at radius 2 is 1.46 bits per heavy atom. The number of esters is 1. The van der Waals surface area contributed by atoms with Gasteiger partial charge in [-0.15, -0.1) is 11.8 Å². The molecule has 3 aliphatic heterocycles. The van der Waals surface area contributed by atoms with Gasteiger partial charge in [-0.05, 0) is 48.8 Å². The van der Waals surface area contributed by atoms with Gasteiger partial charge in [0.25, 0.3) is 0 Å². The van der Waals surface area contributed by atoms with E-state index in [0.29, 0.717) is 36.6 Å². The molecule has 0 aliphatic carbocycles. The average Bonchev–Trinajstić information content (AvgIpc) is 3.90. The lowest BCUT2D eigenvalue weighted by Gasteiger charge is -2.31. The number of carboxylic acid groups (broad SMARTS) is 1. The average molecular weight is 1030 g/mol. The molecule has 1 aromatic carbocycles. The number of aliphatic hydroxyl groups is 1. The van der Waals surface area contributed by atoms with Crippen molar-refractivity contribution < 1.29 is 67.7 Å². The van der Waals surface area contributed by atoms with Gasteiger partial charge in [-0.2, -0.15) is 0 Å². The van der Waals surface area contributed by atoms with Gasteiger partial charge in [0.15, 0.2) is 17.3 Å². The molecule has 1 unspecified atom stereocenters. The highest BCUT2D eigenvalue weighted by atomic mass is 32.2. The Labute approximate surface area is 421 Å². The number of amides is 7. The molecule has 1 aromatic heterocycles. The van der Waals surface area contributed by atoms with Crippen molar-refractivity contribution in [2.24, 2.45) is 23.7 Å². The molecule has 0 saturated carbocycles. The molecule has 7 amide bonds. The maximum Gasteiger partial charge on any atom is 0.311 e. The molecule has 1 saturated heterocycles. The first-order valence-electron chi connectivity index (χ1n) is 24.7. The largest absolute Gasteiger partial charge is 0.481 e. The minimum absolute atomic E-state index is 0.00589.